The Morgan fingerprint density at radius 1 is 1.41 bits per heavy atom. The second-order valence-electron chi connectivity index (χ2n) is 4.66. The second kappa shape index (κ2) is 3.84. The zero-order valence-electron chi connectivity index (χ0n) is 9.51. The summed E-state index contributed by atoms with van der Waals surface area (Å²) in [6.07, 6.45) is 2.43. The van der Waals surface area contributed by atoms with Crippen LogP contribution in [0.2, 0.25) is 0 Å². The first-order valence-corrected chi connectivity index (χ1v) is 7.40. The van der Waals surface area contributed by atoms with Crippen molar-refractivity contribution in [2.75, 3.05) is 6.26 Å². The Hall–Kier alpha value is -1.36. The van der Waals surface area contributed by atoms with Crippen LogP contribution in [0.15, 0.2) is 24.3 Å². The molecule has 1 fully saturated rings. The van der Waals surface area contributed by atoms with Crippen molar-refractivity contribution in [3.05, 3.63) is 35.4 Å². The van der Waals surface area contributed by atoms with Gasteiger partial charge in [0.2, 0.25) is 0 Å². The molecule has 1 aromatic carbocycles. The lowest BCUT2D eigenvalue weighted by atomic mass is 9.95. The third-order valence-electron chi connectivity index (χ3n) is 3.07. The number of benzene rings is 1. The van der Waals surface area contributed by atoms with Crippen LogP contribution in [0.25, 0.3) is 0 Å². The summed E-state index contributed by atoms with van der Waals surface area (Å²) < 4.78 is 22.4. The molecule has 0 aliphatic heterocycles. The lowest BCUT2D eigenvalue weighted by Gasteiger charge is -2.11. The van der Waals surface area contributed by atoms with Crippen molar-refractivity contribution >= 4 is 15.8 Å². The molecule has 0 aromatic heterocycles. The summed E-state index contributed by atoms with van der Waals surface area (Å²) >= 11 is 0. The highest BCUT2D eigenvalue weighted by molar-refractivity contribution is 7.89. The van der Waals surface area contributed by atoms with Gasteiger partial charge in [0.25, 0.3) is 0 Å². The van der Waals surface area contributed by atoms with Crippen LogP contribution in [0.3, 0.4) is 0 Å². The summed E-state index contributed by atoms with van der Waals surface area (Å²) in [5, 5.41) is 9.16. The Labute approximate surface area is 100 Å². The van der Waals surface area contributed by atoms with Crippen LogP contribution in [0, 0.1) is 0 Å². The number of carbonyl (C=O) groups is 1. The van der Waals surface area contributed by atoms with Crippen molar-refractivity contribution in [2.24, 2.45) is 0 Å². The van der Waals surface area contributed by atoms with Crippen molar-refractivity contribution in [3.63, 3.8) is 0 Å². The lowest BCUT2D eigenvalue weighted by Crippen LogP contribution is -2.19. The highest BCUT2D eigenvalue weighted by Crippen LogP contribution is 2.48. The Kier molecular flexibility index (Phi) is 2.73. The molecular formula is C12H14O4S. The molecular weight excluding hydrogens is 240 g/mol. The topological polar surface area (TPSA) is 71.4 Å². The summed E-state index contributed by atoms with van der Waals surface area (Å²) in [6, 6.07) is 6.89. The molecule has 0 radical (unpaired) electrons. The van der Waals surface area contributed by atoms with Gasteiger partial charge in [0.1, 0.15) is 0 Å². The Balaban J connectivity index is 2.33. The number of aliphatic carboxylic acids is 1. The quantitative estimate of drug-likeness (QED) is 0.880. The van der Waals surface area contributed by atoms with Crippen LogP contribution >= 0.6 is 0 Å². The first-order chi connectivity index (χ1) is 7.83. The van der Waals surface area contributed by atoms with Gasteiger partial charge in [-0.2, -0.15) is 0 Å². The van der Waals surface area contributed by atoms with E-state index in [2.05, 4.69) is 0 Å². The molecule has 2 rings (SSSR count). The van der Waals surface area contributed by atoms with Crippen LogP contribution in [-0.4, -0.2) is 25.7 Å². The van der Waals surface area contributed by atoms with Crippen molar-refractivity contribution in [2.45, 2.75) is 24.0 Å². The summed E-state index contributed by atoms with van der Waals surface area (Å²) in [4.78, 5) is 11.2. The first kappa shape index (κ1) is 12.1. The SMILES string of the molecule is CS(=O)(=O)Cc1cccc(C2(C(=O)O)CC2)c1. The van der Waals surface area contributed by atoms with E-state index in [1.165, 1.54) is 6.26 Å². The van der Waals surface area contributed by atoms with Gasteiger partial charge in [0.15, 0.2) is 9.84 Å². The Morgan fingerprint density at radius 3 is 2.53 bits per heavy atom. The van der Waals surface area contributed by atoms with Crippen LogP contribution in [0.1, 0.15) is 24.0 Å². The van der Waals surface area contributed by atoms with Gasteiger partial charge < -0.3 is 5.11 Å². The van der Waals surface area contributed by atoms with Gasteiger partial charge in [-0.15, -0.1) is 0 Å². The fraction of sp³-hybridized carbons (Fsp3) is 0.417. The van der Waals surface area contributed by atoms with Crippen LogP contribution in [0.5, 0.6) is 0 Å². The summed E-state index contributed by atoms with van der Waals surface area (Å²) in [5.41, 5.74) is 0.594. The number of hydrogen-bond acceptors (Lipinski definition) is 3. The maximum atomic E-state index is 11.2. The summed E-state index contributed by atoms with van der Waals surface area (Å²) in [6.45, 7) is 0. The molecule has 0 heterocycles. The van der Waals surface area contributed by atoms with Gasteiger partial charge in [0, 0.05) is 6.26 Å². The first-order valence-electron chi connectivity index (χ1n) is 5.34. The van der Waals surface area contributed by atoms with Gasteiger partial charge in [-0.1, -0.05) is 24.3 Å². The number of sulfone groups is 1. The fourth-order valence-corrected chi connectivity index (χ4v) is 2.80. The van der Waals surface area contributed by atoms with Crippen molar-refractivity contribution < 1.29 is 18.3 Å². The van der Waals surface area contributed by atoms with Gasteiger partial charge in [-0.25, -0.2) is 8.42 Å². The molecule has 0 atom stereocenters. The number of carboxylic acid groups (broad SMARTS) is 1. The minimum atomic E-state index is -3.09. The van der Waals surface area contributed by atoms with Gasteiger partial charge in [-0.05, 0) is 24.0 Å². The molecule has 0 unspecified atom stereocenters. The zero-order valence-corrected chi connectivity index (χ0v) is 10.3. The maximum Gasteiger partial charge on any atom is 0.314 e. The number of hydrogen-bond donors (Lipinski definition) is 1. The van der Waals surface area contributed by atoms with Crippen LogP contribution in [-0.2, 0) is 25.8 Å². The van der Waals surface area contributed by atoms with Gasteiger partial charge in [0.05, 0.1) is 11.2 Å². The van der Waals surface area contributed by atoms with E-state index >= 15 is 0 Å². The molecule has 5 heteroatoms. The van der Waals surface area contributed by atoms with E-state index in [0.717, 1.165) is 0 Å². The molecule has 1 aliphatic carbocycles. The molecule has 17 heavy (non-hydrogen) atoms. The standard InChI is InChI=1S/C12H14O4S/c1-17(15,16)8-9-3-2-4-10(7-9)12(5-6-12)11(13)14/h2-4,7H,5-6,8H2,1H3,(H,13,14). The van der Waals surface area contributed by atoms with Crippen molar-refractivity contribution in [1.82, 2.24) is 0 Å². The summed E-state index contributed by atoms with van der Waals surface area (Å²) in [5.74, 6) is -0.870. The summed E-state index contributed by atoms with van der Waals surface area (Å²) in [7, 11) is -3.09. The van der Waals surface area contributed by atoms with E-state index in [-0.39, 0.29) is 5.75 Å². The highest BCUT2D eigenvalue weighted by Gasteiger charge is 2.51. The van der Waals surface area contributed by atoms with Gasteiger partial charge >= 0.3 is 5.97 Å². The highest BCUT2D eigenvalue weighted by atomic mass is 32.2. The van der Waals surface area contributed by atoms with Crippen LogP contribution < -0.4 is 0 Å². The van der Waals surface area contributed by atoms with E-state index in [4.69, 9.17) is 5.11 Å². The molecule has 1 aliphatic rings. The lowest BCUT2D eigenvalue weighted by molar-refractivity contribution is -0.140. The third-order valence-corrected chi connectivity index (χ3v) is 3.93. The minimum absolute atomic E-state index is 0.0451. The van der Waals surface area contributed by atoms with E-state index < -0.39 is 21.2 Å². The van der Waals surface area contributed by atoms with E-state index in [9.17, 15) is 13.2 Å². The van der Waals surface area contributed by atoms with E-state index in [1.807, 2.05) is 0 Å². The zero-order chi connectivity index (χ0) is 12.7. The molecule has 1 saturated carbocycles. The molecule has 0 saturated heterocycles. The minimum Gasteiger partial charge on any atom is -0.481 e. The molecule has 0 spiro atoms. The number of carboxylic acids is 1. The predicted octanol–water partition coefficient (Wildman–Crippen LogP) is 1.35. The average Bonchev–Trinajstić information content (AvgIpc) is 2.95. The van der Waals surface area contributed by atoms with E-state index in [0.29, 0.717) is 24.0 Å². The van der Waals surface area contributed by atoms with Crippen molar-refractivity contribution in [1.29, 1.82) is 0 Å². The molecule has 1 N–H and O–H groups in total. The monoisotopic (exact) mass is 254 g/mol. The van der Waals surface area contributed by atoms with Gasteiger partial charge in [-0.3, -0.25) is 4.79 Å². The smallest absolute Gasteiger partial charge is 0.314 e. The predicted molar refractivity (Wildman–Crippen MR) is 63.5 cm³/mol. The van der Waals surface area contributed by atoms with E-state index in [1.54, 1.807) is 24.3 Å². The largest absolute Gasteiger partial charge is 0.481 e. The van der Waals surface area contributed by atoms with Crippen molar-refractivity contribution in [3.8, 4) is 0 Å². The second-order valence-corrected chi connectivity index (χ2v) is 6.80. The Bertz CT molecular complexity index is 556. The normalized spacial score (nSPS) is 17.7. The molecule has 92 valence electrons. The molecule has 0 amide bonds. The fourth-order valence-electron chi connectivity index (χ4n) is 2.01. The van der Waals surface area contributed by atoms with Crippen LogP contribution in [0.4, 0.5) is 0 Å². The molecule has 4 nitrogen and oxygen atoms in total. The number of rotatable bonds is 4. The Morgan fingerprint density at radius 2 is 2.06 bits per heavy atom. The maximum absolute atomic E-state index is 11.2. The molecule has 1 aromatic rings. The average molecular weight is 254 g/mol. The molecule has 0 bridgehead atoms. The third kappa shape index (κ3) is 2.49.